The Bertz CT molecular complexity index is 1080. The van der Waals surface area contributed by atoms with Gasteiger partial charge in [-0.25, -0.2) is 9.97 Å². The Balaban J connectivity index is 1.52. The molecule has 7 nitrogen and oxygen atoms in total. The fourth-order valence-electron chi connectivity index (χ4n) is 3.43. The SMILES string of the molecule is Cc1ncc2c(c1-c1noc(-c3cscn3)n1)CCN(c1ccccn1)C2. The molecular weight excluding hydrogens is 360 g/mol. The van der Waals surface area contributed by atoms with E-state index in [1.54, 1.807) is 5.51 Å². The van der Waals surface area contributed by atoms with E-state index in [1.807, 2.05) is 42.9 Å². The van der Waals surface area contributed by atoms with Crippen LogP contribution >= 0.6 is 11.3 Å². The first kappa shape index (κ1) is 16.1. The van der Waals surface area contributed by atoms with E-state index in [0.29, 0.717) is 17.4 Å². The second-order valence-corrected chi connectivity index (χ2v) is 7.10. The molecule has 0 aromatic carbocycles. The summed E-state index contributed by atoms with van der Waals surface area (Å²) in [7, 11) is 0. The number of hydrogen-bond acceptors (Lipinski definition) is 8. The van der Waals surface area contributed by atoms with E-state index in [0.717, 1.165) is 36.6 Å². The van der Waals surface area contributed by atoms with Crippen LogP contribution in [0.1, 0.15) is 16.8 Å². The summed E-state index contributed by atoms with van der Waals surface area (Å²) in [6.45, 7) is 3.64. The Morgan fingerprint density at radius 3 is 2.96 bits per heavy atom. The minimum absolute atomic E-state index is 0.439. The van der Waals surface area contributed by atoms with Crippen LogP contribution < -0.4 is 4.90 Å². The van der Waals surface area contributed by atoms with Gasteiger partial charge in [-0.05, 0) is 36.6 Å². The molecule has 0 unspecified atom stereocenters. The van der Waals surface area contributed by atoms with Gasteiger partial charge >= 0.3 is 0 Å². The maximum Gasteiger partial charge on any atom is 0.277 e. The second kappa shape index (κ2) is 6.55. The monoisotopic (exact) mass is 376 g/mol. The van der Waals surface area contributed by atoms with Crippen molar-refractivity contribution in [2.75, 3.05) is 11.4 Å². The number of nitrogens with zero attached hydrogens (tertiary/aromatic N) is 6. The molecule has 1 aliphatic heterocycles. The highest BCUT2D eigenvalue weighted by molar-refractivity contribution is 7.07. The van der Waals surface area contributed by atoms with Crippen LogP contribution in [0, 0.1) is 6.92 Å². The zero-order chi connectivity index (χ0) is 18.2. The molecule has 0 spiro atoms. The normalized spacial score (nSPS) is 13.6. The first-order chi connectivity index (χ1) is 13.3. The maximum atomic E-state index is 5.43. The standard InChI is InChI=1S/C19H16N6OS/c1-12-17(18-23-19(26-24-18)15-10-27-11-22-15)14-5-7-25(9-13(14)8-21-12)16-4-2-3-6-20-16/h2-4,6,8,10-11H,5,7,9H2,1H3. The van der Waals surface area contributed by atoms with Gasteiger partial charge in [0.15, 0.2) is 0 Å². The number of rotatable bonds is 3. The van der Waals surface area contributed by atoms with E-state index in [-0.39, 0.29) is 0 Å². The van der Waals surface area contributed by atoms with Crippen molar-refractivity contribution in [3.05, 3.63) is 58.3 Å². The summed E-state index contributed by atoms with van der Waals surface area (Å²) >= 11 is 1.50. The van der Waals surface area contributed by atoms with Crippen LogP contribution in [0.2, 0.25) is 0 Å². The van der Waals surface area contributed by atoms with Gasteiger partial charge < -0.3 is 9.42 Å². The number of hydrogen-bond donors (Lipinski definition) is 0. The summed E-state index contributed by atoms with van der Waals surface area (Å²) in [6.07, 6.45) is 4.65. The summed E-state index contributed by atoms with van der Waals surface area (Å²) in [5, 5.41) is 6.10. The smallest absolute Gasteiger partial charge is 0.277 e. The molecule has 0 radical (unpaired) electrons. The molecule has 0 atom stereocenters. The van der Waals surface area contributed by atoms with E-state index < -0.39 is 0 Å². The third kappa shape index (κ3) is 2.87. The highest BCUT2D eigenvalue weighted by Gasteiger charge is 2.25. The van der Waals surface area contributed by atoms with Gasteiger partial charge in [-0.15, -0.1) is 11.3 Å². The Kier molecular flexibility index (Phi) is 3.90. The molecule has 1 aliphatic rings. The Morgan fingerprint density at radius 2 is 2.15 bits per heavy atom. The van der Waals surface area contributed by atoms with Crippen LogP contribution in [0.3, 0.4) is 0 Å². The van der Waals surface area contributed by atoms with Crippen molar-refractivity contribution in [2.45, 2.75) is 19.9 Å². The van der Waals surface area contributed by atoms with Crippen molar-refractivity contribution in [1.29, 1.82) is 0 Å². The van der Waals surface area contributed by atoms with Crippen molar-refractivity contribution in [2.24, 2.45) is 0 Å². The molecule has 134 valence electrons. The van der Waals surface area contributed by atoms with Crippen molar-refractivity contribution < 1.29 is 4.52 Å². The molecule has 4 aromatic heterocycles. The Labute approximate surface area is 159 Å². The molecule has 0 saturated carbocycles. The van der Waals surface area contributed by atoms with Gasteiger partial charge in [-0.1, -0.05) is 11.2 Å². The summed E-state index contributed by atoms with van der Waals surface area (Å²) in [5.74, 6) is 2.00. The quantitative estimate of drug-likeness (QED) is 0.541. The summed E-state index contributed by atoms with van der Waals surface area (Å²) in [5.41, 5.74) is 6.75. The van der Waals surface area contributed by atoms with E-state index >= 15 is 0 Å². The third-order valence-corrected chi connectivity index (χ3v) is 5.32. The van der Waals surface area contributed by atoms with Crippen molar-refractivity contribution >= 4 is 17.2 Å². The fraction of sp³-hybridized carbons (Fsp3) is 0.211. The van der Waals surface area contributed by atoms with Crippen LogP contribution in [0.25, 0.3) is 23.0 Å². The predicted octanol–water partition coefficient (Wildman–Crippen LogP) is 3.52. The highest BCUT2D eigenvalue weighted by atomic mass is 32.1. The molecular formula is C19H16N6OS. The Morgan fingerprint density at radius 1 is 1.19 bits per heavy atom. The average molecular weight is 376 g/mol. The van der Waals surface area contributed by atoms with Gasteiger partial charge in [0.2, 0.25) is 5.82 Å². The van der Waals surface area contributed by atoms with Crippen molar-refractivity contribution in [1.82, 2.24) is 25.1 Å². The highest BCUT2D eigenvalue weighted by Crippen LogP contribution is 2.32. The number of thiazole rings is 1. The molecule has 0 aliphatic carbocycles. The first-order valence-corrected chi connectivity index (χ1v) is 9.60. The van der Waals surface area contributed by atoms with Gasteiger partial charge in [0.25, 0.3) is 5.89 Å². The molecule has 5 heterocycles. The lowest BCUT2D eigenvalue weighted by Crippen LogP contribution is -2.31. The maximum absolute atomic E-state index is 5.43. The summed E-state index contributed by atoms with van der Waals surface area (Å²) in [6, 6.07) is 5.98. The number of anilines is 1. The topological polar surface area (TPSA) is 80.8 Å². The van der Waals surface area contributed by atoms with Gasteiger partial charge in [-0.2, -0.15) is 4.98 Å². The zero-order valence-electron chi connectivity index (χ0n) is 14.7. The second-order valence-electron chi connectivity index (χ2n) is 6.38. The van der Waals surface area contributed by atoms with Crippen LogP contribution in [0.4, 0.5) is 5.82 Å². The van der Waals surface area contributed by atoms with Gasteiger partial charge in [0, 0.05) is 42.1 Å². The van der Waals surface area contributed by atoms with Gasteiger partial charge in [0.05, 0.1) is 5.51 Å². The molecule has 0 bridgehead atoms. The van der Waals surface area contributed by atoms with Gasteiger partial charge in [0.1, 0.15) is 11.5 Å². The van der Waals surface area contributed by atoms with Crippen LogP contribution in [0.15, 0.2) is 46.0 Å². The lowest BCUT2D eigenvalue weighted by atomic mass is 9.94. The van der Waals surface area contributed by atoms with E-state index in [9.17, 15) is 0 Å². The summed E-state index contributed by atoms with van der Waals surface area (Å²) < 4.78 is 5.43. The minimum atomic E-state index is 0.439. The van der Waals surface area contributed by atoms with Crippen molar-refractivity contribution in [3.63, 3.8) is 0 Å². The molecule has 4 aromatic rings. The lowest BCUT2D eigenvalue weighted by Gasteiger charge is -2.30. The number of pyridine rings is 2. The van der Waals surface area contributed by atoms with Crippen LogP contribution in [-0.2, 0) is 13.0 Å². The van der Waals surface area contributed by atoms with E-state index in [1.165, 1.54) is 22.5 Å². The number of aromatic nitrogens is 5. The minimum Gasteiger partial charge on any atom is -0.352 e. The van der Waals surface area contributed by atoms with E-state index in [2.05, 4.69) is 30.0 Å². The molecule has 0 fully saturated rings. The average Bonchev–Trinajstić information content (AvgIpc) is 3.40. The largest absolute Gasteiger partial charge is 0.352 e. The molecule has 5 rings (SSSR count). The lowest BCUT2D eigenvalue weighted by molar-refractivity contribution is 0.431. The molecule has 8 heteroatoms. The van der Waals surface area contributed by atoms with Crippen LogP contribution in [-0.4, -0.2) is 31.6 Å². The van der Waals surface area contributed by atoms with Crippen LogP contribution in [0.5, 0.6) is 0 Å². The van der Waals surface area contributed by atoms with Gasteiger partial charge in [-0.3, -0.25) is 4.98 Å². The first-order valence-electron chi connectivity index (χ1n) is 8.65. The number of fused-ring (bicyclic) bond motifs is 1. The third-order valence-electron chi connectivity index (χ3n) is 4.73. The molecule has 0 amide bonds. The number of aryl methyl sites for hydroxylation is 1. The van der Waals surface area contributed by atoms with E-state index in [4.69, 9.17) is 4.52 Å². The Hall–Kier alpha value is -3.13. The molecule has 27 heavy (non-hydrogen) atoms. The summed E-state index contributed by atoms with van der Waals surface area (Å²) in [4.78, 5) is 20.1. The molecule has 0 N–H and O–H groups in total. The predicted molar refractivity (Wildman–Crippen MR) is 102 cm³/mol. The fourth-order valence-corrected chi connectivity index (χ4v) is 3.96. The van der Waals surface area contributed by atoms with Crippen molar-refractivity contribution in [3.8, 4) is 23.0 Å². The molecule has 0 saturated heterocycles. The zero-order valence-corrected chi connectivity index (χ0v) is 15.5.